The molecular formula is C22H29NO2S. The van der Waals surface area contributed by atoms with Crippen LogP contribution in [0, 0.1) is 0 Å². The molecule has 2 aliphatic heterocycles. The van der Waals surface area contributed by atoms with E-state index in [1.54, 1.807) is 7.11 Å². The fraction of sp³-hybridized carbons (Fsp3) is 0.682. The van der Waals surface area contributed by atoms with Crippen LogP contribution in [-0.4, -0.2) is 27.5 Å². The normalized spacial score (nSPS) is 28.9. The summed E-state index contributed by atoms with van der Waals surface area (Å²) in [6.07, 6.45) is 13.3. The number of thioether (sulfide) groups is 1. The second-order valence-corrected chi connectivity index (χ2v) is 10.4. The zero-order valence-corrected chi connectivity index (χ0v) is 16.6. The van der Waals surface area contributed by atoms with Crippen molar-refractivity contribution in [1.29, 1.82) is 0 Å². The van der Waals surface area contributed by atoms with Crippen LogP contribution in [-0.2, 0) is 11.2 Å². The van der Waals surface area contributed by atoms with Crippen molar-refractivity contribution in [3.63, 3.8) is 0 Å². The predicted octanol–water partition coefficient (Wildman–Crippen LogP) is 5.23. The Morgan fingerprint density at radius 3 is 2.42 bits per heavy atom. The van der Waals surface area contributed by atoms with E-state index in [9.17, 15) is 4.79 Å². The maximum atomic E-state index is 13.4. The lowest BCUT2D eigenvalue weighted by atomic mass is 9.75. The summed E-state index contributed by atoms with van der Waals surface area (Å²) in [5.74, 6) is 1.23. The highest BCUT2D eigenvalue weighted by molar-refractivity contribution is 8.02. The van der Waals surface area contributed by atoms with Gasteiger partial charge in [-0.05, 0) is 48.9 Å². The van der Waals surface area contributed by atoms with Gasteiger partial charge in [-0.1, -0.05) is 44.6 Å². The number of nitrogens with zero attached hydrogens (tertiary/aromatic N) is 1. The van der Waals surface area contributed by atoms with Crippen molar-refractivity contribution in [3.05, 3.63) is 29.3 Å². The molecule has 5 rings (SSSR count). The van der Waals surface area contributed by atoms with Gasteiger partial charge in [0.05, 0.1) is 24.4 Å². The molecule has 0 aromatic heterocycles. The van der Waals surface area contributed by atoms with Gasteiger partial charge in [-0.25, -0.2) is 0 Å². The smallest absolute Gasteiger partial charge is 0.228 e. The van der Waals surface area contributed by atoms with Crippen LogP contribution in [0.2, 0.25) is 0 Å². The highest BCUT2D eigenvalue weighted by Gasteiger charge is 2.63. The summed E-state index contributed by atoms with van der Waals surface area (Å²) in [7, 11) is 1.71. The summed E-state index contributed by atoms with van der Waals surface area (Å²) in [6.45, 7) is 0. The summed E-state index contributed by atoms with van der Waals surface area (Å²) in [6, 6.07) is 6.74. The van der Waals surface area contributed by atoms with E-state index in [1.165, 1.54) is 75.3 Å². The zero-order chi connectivity index (χ0) is 17.8. The molecule has 140 valence electrons. The van der Waals surface area contributed by atoms with Crippen LogP contribution >= 0.6 is 11.8 Å². The molecule has 1 aromatic rings. The third-order valence-corrected chi connectivity index (χ3v) is 9.20. The lowest BCUT2D eigenvalue weighted by Gasteiger charge is -2.46. The Labute approximate surface area is 160 Å². The van der Waals surface area contributed by atoms with E-state index in [-0.39, 0.29) is 15.7 Å². The number of carbonyl (C=O) groups is 1. The minimum atomic E-state index is 0.0644. The number of rotatable bonds is 1. The number of ether oxygens (including phenoxy) is 1. The second kappa shape index (κ2) is 6.19. The van der Waals surface area contributed by atoms with Gasteiger partial charge >= 0.3 is 0 Å². The Morgan fingerprint density at radius 2 is 1.73 bits per heavy atom. The first-order valence-corrected chi connectivity index (χ1v) is 11.2. The van der Waals surface area contributed by atoms with Crippen molar-refractivity contribution >= 4 is 17.7 Å². The number of benzene rings is 1. The first-order valence-electron chi connectivity index (χ1n) is 10.4. The second-order valence-electron chi connectivity index (χ2n) is 8.64. The molecule has 0 N–H and O–H groups in total. The highest BCUT2D eigenvalue weighted by Crippen LogP contribution is 2.67. The number of amides is 1. The lowest BCUT2D eigenvalue weighted by molar-refractivity contribution is -0.139. The average Bonchev–Trinajstić information content (AvgIpc) is 2.92. The Morgan fingerprint density at radius 1 is 1.04 bits per heavy atom. The van der Waals surface area contributed by atoms with E-state index < -0.39 is 0 Å². The van der Waals surface area contributed by atoms with E-state index in [0.29, 0.717) is 12.3 Å². The third kappa shape index (κ3) is 2.37. The van der Waals surface area contributed by atoms with Crippen LogP contribution in [0.25, 0.3) is 0 Å². The minimum Gasteiger partial charge on any atom is -0.497 e. The molecule has 0 bridgehead atoms. The topological polar surface area (TPSA) is 29.5 Å². The minimum absolute atomic E-state index is 0.0644. The summed E-state index contributed by atoms with van der Waals surface area (Å²) >= 11 is 2.21. The molecule has 2 aliphatic carbocycles. The van der Waals surface area contributed by atoms with Gasteiger partial charge in [-0.15, -0.1) is 11.8 Å². The molecule has 4 aliphatic rings. The zero-order valence-electron chi connectivity index (χ0n) is 15.8. The van der Waals surface area contributed by atoms with Crippen molar-refractivity contribution in [2.24, 2.45) is 0 Å². The van der Waals surface area contributed by atoms with Crippen LogP contribution in [0.1, 0.15) is 81.4 Å². The van der Waals surface area contributed by atoms with E-state index >= 15 is 0 Å². The molecule has 26 heavy (non-hydrogen) atoms. The molecule has 1 aromatic carbocycles. The average molecular weight is 372 g/mol. The van der Waals surface area contributed by atoms with Gasteiger partial charge in [-0.2, -0.15) is 0 Å². The van der Waals surface area contributed by atoms with Crippen LogP contribution in [0.5, 0.6) is 5.75 Å². The highest BCUT2D eigenvalue weighted by atomic mass is 32.2. The fourth-order valence-corrected chi connectivity index (χ4v) is 8.49. The monoisotopic (exact) mass is 371 g/mol. The molecule has 2 saturated carbocycles. The molecule has 2 spiro atoms. The van der Waals surface area contributed by atoms with Gasteiger partial charge in [0, 0.05) is 4.75 Å². The maximum absolute atomic E-state index is 13.4. The first kappa shape index (κ1) is 17.0. The van der Waals surface area contributed by atoms with Crippen molar-refractivity contribution in [3.8, 4) is 5.75 Å². The number of methoxy groups -OCH3 is 1. The van der Waals surface area contributed by atoms with Gasteiger partial charge in [-0.3, -0.25) is 4.79 Å². The van der Waals surface area contributed by atoms with Crippen LogP contribution < -0.4 is 4.74 Å². The van der Waals surface area contributed by atoms with Crippen LogP contribution in [0.15, 0.2) is 18.2 Å². The molecule has 1 atom stereocenters. The Balaban J connectivity index is 1.65. The number of hydrogen-bond donors (Lipinski definition) is 0. The number of hydrogen-bond acceptors (Lipinski definition) is 3. The summed E-state index contributed by atoms with van der Waals surface area (Å²) in [5.41, 5.74) is 2.61. The molecule has 2 heterocycles. The van der Waals surface area contributed by atoms with E-state index in [0.717, 1.165) is 5.75 Å². The molecule has 0 radical (unpaired) electrons. The van der Waals surface area contributed by atoms with Crippen molar-refractivity contribution in [2.75, 3.05) is 7.11 Å². The molecule has 3 fully saturated rings. The van der Waals surface area contributed by atoms with Gasteiger partial charge < -0.3 is 9.64 Å². The molecule has 4 heteroatoms. The van der Waals surface area contributed by atoms with Crippen molar-refractivity contribution in [2.45, 2.75) is 86.3 Å². The lowest BCUT2D eigenvalue weighted by Crippen LogP contribution is -2.52. The first-order chi connectivity index (χ1) is 12.7. The quantitative estimate of drug-likeness (QED) is 0.677. The molecular weight excluding hydrogens is 342 g/mol. The Bertz CT molecular complexity index is 719. The molecule has 0 unspecified atom stereocenters. The van der Waals surface area contributed by atoms with E-state index in [2.05, 4.69) is 34.9 Å². The van der Waals surface area contributed by atoms with E-state index in [4.69, 9.17) is 4.74 Å². The molecule has 3 nitrogen and oxygen atoms in total. The summed E-state index contributed by atoms with van der Waals surface area (Å²) in [4.78, 5) is 15.9. The number of fused-ring (bicyclic) bond motifs is 5. The largest absolute Gasteiger partial charge is 0.497 e. The van der Waals surface area contributed by atoms with Gasteiger partial charge in [0.1, 0.15) is 5.75 Å². The number of carbonyl (C=O) groups excluding carboxylic acids is 1. The standard InChI is InChI=1S/C22H29NO2S/c1-25-17-8-9-18-16(14-17)15-19(24)23-20(18)21(10-4-2-5-11-21)26-22(23)12-6-3-7-13-22/h8-9,14,20H,2-7,10-13,15H2,1H3/t20-/m1/s1. The summed E-state index contributed by atoms with van der Waals surface area (Å²) in [5, 5.41) is 0. The maximum Gasteiger partial charge on any atom is 0.228 e. The van der Waals surface area contributed by atoms with Gasteiger partial charge in [0.2, 0.25) is 5.91 Å². The van der Waals surface area contributed by atoms with Crippen LogP contribution in [0.3, 0.4) is 0 Å². The van der Waals surface area contributed by atoms with E-state index in [1.807, 2.05) is 0 Å². The van der Waals surface area contributed by atoms with Crippen molar-refractivity contribution in [1.82, 2.24) is 4.90 Å². The molecule has 1 saturated heterocycles. The molecule has 1 amide bonds. The fourth-order valence-electron chi connectivity index (χ4n) is 6.10. The Hall–Kier alpha value is -1.16. The Kier molecular flexibility index (Phi) is 4.04. The van der Waals surface area contributed by atoms with Crippen LogP contribution in [0.4, 0.5) is 0 Å². The van der Waals surface area contributed by atoms with Gasteiger partial charge in [0.15, 0.2) is 0 Å². The summed E-state index contributed by atoms with van der Waals surface area (Å²) < 4.78 is 5.67. The SMILES string of the molecule is COc1ccc2c(c1)CC(=O)N1[C@H]2C2(CCCCC2)SC12CCCCC2. The van der Waals surface area contributed by atoms with Gasteiger partial charge in [0.25, 0.3) is 0 Å². The third-order valence-electron chi connectivity index (χ3n) is 7.18. The predicted molar refractivity (Wildman–Crippen MR) is 106 cm³/mol. The van der Waals surface area contributed by atoms with Crippen molar-refractivity contribution < 1.29 is 9.53 Å².